The lowest BCUT2D eigenvalue weighted by molar-refractivity contribution is -0.804. The Kier molecular flexibility index (Phi) is 11.7. The maximum atomic E-state index is 6.25. The van der Waals surface area contributed by atoms with Gasteiger partial charge in [0.2, 0.25) is 0 Å². The molecule has 0 aliphatic carbocycles. The van der Waals surface area contributed by atoms with Crippen LogP contribution < -0.4 is 4.90 Å². The van der Waals surface area contributed by atoms with Crippen LogP contribution in [0.1, 0.15) is 65.2 Å². The molecule has 0 spiro atoms. The monoisotopic (exact) mass is 248 g/mol. The van der Waals surface area contributed by atoms with Crippen LogP contribution in [0.2, 0.25) is 0 Å². The SMILES string of the molecule is CCCCCCCCC[NH+]1C=CC=C1CC.[C-]#N. The number of hydrogen-bond acceptors (Lipinski definition) is 1. The Balaban J connectivity index is 0.00000137. The van der Waals surface area contributed by atoms with Gasteiger partial charge in [-0.1, -0.05) is 46.0 Å². The van der Waals surface area contributed by atoms with Crippen LogP contribution >= 0.6 is 0 Å². The van der Waals surface area contributed by atoms with E-state index >= 15 is 0 Å². The second-order valence-corrected chi connectivity index (χ2v) is 4.80. The Labute approximate surface area is 113 Å². The number of hydrogen-bond donors (Lipinski definition) is 1. The summed E-state index contributed by atoms with van der Waals surface area (Å²) in [5, 5.41) is 6.25. The fraction of sp³-hybridized carbons (Fsp3) is 0.688. The van der Waals surface area contributed by atoms with Crippen LogP contribution in [0.15, 0.2) is 24.0 Å². The predicted molar refractivity (Wildman–Crippen MR) is 76.3 cm³/mol. The third-order valence-electron chi connectivity index (χ3n) is 3.44. The number of nitrogens with one attached hydrogen (secondary N) is 1. The maximum Gasteiger partial charge on any atom is 0.112 e. The number of rotatable bonds is 9. The van der Waals surface area contributed by atoms with Crippen molar-refractivity contribution in [2.75, 3.05) is 6.54 Å². The Morgan fingerprint density at radius 3 is 2.22 bits per heavy atom. The molecule has 2 nitrogen and oxygen atoms in total. The maximum absolute atomic E-state index is 6.25. The highest BCUT2D eigenvalue weighted by molar-refractivity contribution is 5.09. The highest BCUT2D eigenvalue weighted by atomic mass is 15.1. The summed E-state index contributed by atoms with van der Waals surface area (Å²) in [6.07, 6.45) is 17.9. The smallest absolute Gasteiger partial charge is 0.112 e. The largest absolute Gasteiger partial charge is 0.512 e. The van der Waals surface area contributed by atoms with Crippen molar-refractivity contribution in [2.45, 2.75) is 65.2 Å². The van der Waals surface area contributed by atoms with Gasteiger partial charge in [-0.2, -0.15) is 0 Å². The van der Waals surface area contributed by atoms with Crippen LogP contribution in [0.5, 0.6) is 0 Å². The third-order valence-corrected chi connectivity index (χ3v) is 3.44. The van der Waals surface area contributed by atoms with E-state index in [0.29, 0.717) is 0 Å². The van der Waals surface area contributed by atoms with Gasteiger partial charge in [0.15, 0.2) is 0 Å². The molecular weight excluding hydrogens is 220 g/mol. The van der Waals surface area contributed by atoms with Crippen molar-refractivity contribution < 1.29 is 4.90 Å². The van der Waals surface area contributed by atoms with Crippen LogP contribution in [0.4, 0.5) is 0 Å². The standard InChI is InChI=1S/C15H27N.CN/c1-3-5-6-7-8-9-10-13-16-14-11-12-15(16)4-2;1-2/h11-12,14H,3-10,13H2,1-2H3;/q;-1/p+1. The molecule has 0 amide bonds. The lowest BCUT2D eigenvalue weighted by Crippen LogP contribution is -3.04. The molecule has 1 atom stereocenters. The zero-order valence-corrected chi connectivity index (χ0v) is 12.0. The second-order valence-electron chi connectivity index (χ2n) is 4.80. The molecule has 18 heavy (non-hydrogen) atoms. The zero-order chi connectivity index (χ0) is 13.6. The van der Waals surface area contributed by atoms with Gasteiger partial charge in [-0.3, -0.25) is 4.90 Å². The van der Waals surface area contributed by atoms with Gasteiger partial charge >= 0.3 is 0 Å². The van der Waals surface area contributed by atoms with Crippen molar-refractivity contribution in [3.8, 4) is 0 Å². The average molecular weight is 248 g/mol. The summed E-state index contributed by atoms with van der Waals surface area (Å²) in [6.45, 7) is 10.6. The summed E-state index contributed by atoms with van der Waals surface area (Å²) < 4.78 is 0. The van der Waals surface area contributed by atoms with E-state index in [2.05, 4.69) is 32.2 Å². The van der Waals surface area contributed by atoms with Gasteiger partial charge in [-0.15, -0.1) is 0 Å². The number of allylic oxidation sites excluding steroid dienone is 3. The summed E-state index contributed by atoms with van der Waals surface area (Å²) in [6, 6.07) is 0. The van der Waals surface area contributed by atoms with Crippen LogP contribution in [-0.2, 0) is 0 Å². The molecule has 0 fully saturated rings. The quantitative estimate of drug-likeness (QED) is 0.490. The molecule has 1 N–H and O–H groups in total. The molecular formula is C16H28N2. The van der Waals surface area contributed by atoms with Gasteiger partial charge in [0.05, 0.1) is 12.7 Å². The van der Waals surface area contributed by atoms with Crippen molar-refractivity contribution in [2.24, 2.45) is 0 Å². The van der Waals surface area contributed by atoms with E-state index < -0.39 is 0 Å². The van der Waals surface area contributed by atoms with Gasteiger partial charge in [0.1, 0.15) is 5.70 Å². The van der Waals surface area contributed by atoms with Gasteiger partial charge < -0.3 is 11.8 Å². The molecule has 2 heteroatoms. The lowest BCUT2D eigenvalue weighted by Gasteiger charge is -2.12. The summed E-state index contributed by atoms with van der Waals surface area (Å²) in [4.78, 5) is 1.59. The van der Waals surface area contributed by atoms with Crippen molar-refractivity contribution >= 4 is 0 Å². The number of quaternary nitrogens is 1. The summed E-state index contributed by atoms with van der Waals surface area (Å²) >= 11 is 0. The second kappa shape index (κ2) is 12.4. The molecule has 0 bridgehead atoms. The van der Waals surface area contributed by atoms with Crippen molar-refractivity contribution in [1.82, 2.24) is 0 Å². The summed E-state index contributed by atoms with van der Waals surface area (Å²) in [5.41, 5.74) is 1.56. The zero-order valence-electron chi connectivity index (χ0n) is 12.0. The molecule has 0 saturated carbocycles. The molecule has 0 saturated heterocycles. The first kappa shape index (κ1) is 16.9. The van der Waals surface area contributed by atoms with Gasteiger partial charge in [-0.25, -0.2) is 0 Å². The minimum atomic E-state index is 1.19. The summed E-state index contributed by atoms with van der Waals surface area (Å²) in [7, 11) is 0. The highest BCUT2D eigenvalue weighted by Gasteiger charge is 2.13. The highest BCUT2D eigenvalue weighted by Crippen LogP contribution is 2.06. The van der Waals surface area contributed by atoms with Gasteiger partial charge in [0.25, 0.3) is 0 Å². The molecule has 1 rings (SSSR count). The van der Waals surface area contributed by atoms with E-state index in [1.807, 2.05) is 0 Å². The topological polar surface area (TPSA) is 28.2 Å². The van der Waals surface area contributed by atoms with Crippen LogP contribution in [0, 0.1) is 11.8 Å². The molecule has 102 valence electrons. The predicted octanol–water partition coefficient (Wildman–Crippen LogP) is 3.54. The van der Waals surface area contributed by atoms with Crippen molar-refractivity contribution in [1.29, 1.82) is 5.26 Å². The molecule has 0 aromatic heterocycles. The van der Waals surface area contributed by atoms with E-state index in [9.17, 15) is 0 Å². The number of unbranched alkanes of at least 4 members (excludes halogenated alkanes) is 6. The van der Waals surface area contributed by atoms with E-state index in [1.165, 1.54) is 57.9 Å². The van der Waals surface area contributed by atoms with E-state index in [0.717, 1.165) is 0 Å². The fourth-order valence-electron chi connectivity index (χ4n) is 2.36. The molecule has 1 heterocycles. The van der Waals surface area contributed by atoms with Crippen LogP contribution in [-0.4, -0.2) is 6.54 Å². The number of nitrogens with zero attached hydrogens (tertiary/aromatic N) is 1. The van der Waals surface area contributed by atoms with E-state index in [4.69, 9.17) is 11.8 Å². The minimum absolute atomic E-state index is 1.19. The van der Waals surface area contributed by atoms with Crippen LogP contribution in [0.3, 0.4) is 0 Å². The Morgan fingerprint density at radius 2 is 1.61 bits per heavy atom. The Bertz CT molecular complexity index is 264. The van der Waals surface area contributed by atoms with Gasteiger partial charge in [0, 0.05) is 12.5 Å². The average Bonchev–Trinajstić information content (AvgIpc) is 2.87. The molecule has 1 aliphatic rings. The van der Waals surface area contributed by atoms with Crippen LogP contribution in [0.25, 0.3) is 0 Å². The molecule has 1 aliphatic heterocycles. The molecule has 0 radical (unpaired) electrons. The normalized spacial score (nSPS) is 17.1. The summed E-state index contributed by atoms with van der Waals surface area (Å²) in [5.74, 6) is 0. The first-order valence-corrected chi connectivity index (χ1v) is 7.34. The fourth-order valence-corrected chi connectivity index (χ4v) is 2.36. The molecule has 1 unspecified atom stereocenters. The van der Waals surface area contributed by atoms with E-state index in [1.54, 1.807) is 10.6 Å². The first-order valence-electron chi connectivity index (χ1n) is 7.34. The van der Waals surface area contributed by atoms with E-state index in [-0.39, 0.29) is 0 Å². The lowest BCUT2D eigenvalue weighted by atomic mass is 10.1. The Hall–Kier alpha value is -1.07. The minimum Gasteiger partial charge on any atom is -0.512 e. The molecule has 0 aromatic rings. The van der Waals surface area contributed by atoms with Crippen molar-refractivity contribution in [3.05, 3.63) is 30.6 Å². The third kappa shape index (κ3) is 7.29. The Morgan fingerprint density at radius 1 is 1.00 bits per heavy atom. The molecule has 0 aromatic carbocycles. The van der Waals surface area contributed by atoms with Gasteiger partial charge in [-0.05, 0) is 18.9 Å². The first-order chi connectivity index (χ1) is 8.88. The van der Waals surface area contributed by atoms with Crippen molar-refractivity contribution in [3.63, 3.8) is 0 Å².